The number of carboxylic acids is 1. The van der Waals surface area contributed by atoms with Crippen LogP contribution < -0.4 is 9.64 Å². The van der Waals surface area contributed by atoms with Crippen LogP contribution in [0.5, 0.6) is 5.88 Å². The predicted octanol–water partition coefficient (Wildman–Crippen LogP) is 1.56. The molecule has 0 radical (unpaired) electrons. The van der Waals surface area contributed by atoms with E-state index in [1.807, 2.05) is 13.8 Å². The van der Waals surface area contributed by atoms with Crippen molar-refractivity contribution in [2.75, 3.05) is 18.0 Å². The van der Waals surface area contributed by atoms with Gasteiger partial charge in [0.15, 0.2) is 0 Å². The maximum Gasteiger partial charge on any atom is 0.323 e. The summed E-state index contributed by atoms with van der Waals surface area (Å²) in [5.74, 6) is 0.820. The van der Waals surface area contributed by atoms with E-state index in [1.54, 1.807) is 11.0 Å². The Balaban J connectivity index is 2.12. The maximum atomic E-state index is 10.9. The van der Waals surface area contributed by atoms with Crippen molar-refractivity contribution in [3.8, 4) is 5.88 Å². The number of hydrogen-bond acceptors (Lipinski definition) is 5. The third kappa shape index (κ3) is 4.39. The van der Waals surface area contributed by atoms with Gasteiger partial charge < -0.3 is 14.7 Å². The van der Waals surface area contributed by atoms with Crippen molar-refractivity contribution < 1.29 is 14.6 Å². The topological polar surface area (TPSA) is 75.5 Å². The highest BCUT2D eigenvalue weighted by molar-refractivity contribution is 5.73. The highest BCUT2D eigenvalue weighted by Gasteiger charge is 2.26. The Bertz CT molecular complexity index is 447. The highest BCUT2D eigenvalue weighted by Crippen LogP contribution is 2.31. The summed E-state index contributed by atoms with van der Waals surface area (Å²) in [5, 5.41) is 8.98. The van der Waals surface area contributed by atoms with Crippen LogP contribution in [0.4, 0.5) is 5.82 Å². The van der Waals surface area contributed by atoms with Gasteiger partial charge in [0, 0.05) is 12.6 Å². The molecule has 0 aliphatic heterocycles. The molecule has 1 aromatic heterocycles. The van der Waals surface area contributed by atoms with Gasteiger partial charge in [-0.2, -0.15) is 0 Å². The van der Waals surface area contributed by atoms with Gasteiger partial charge >= 0.3 is 5.97 Å². The SMILES string of the molecule is CC(C)Oc1cc(N(CC(=O)O)CC2CC2)ncn1. The van der Waals surface area contributed by atoms with E-state index in [9.17, 15) is 4.79 Å². The Kier molecular flexibility index (Phi) is 4.19. The predicted molar refractivity (Wildman–Crippen MR) is 70.4 cm³/mol. The molecule has 19 heavy (non-hydrogen) atoms. The van der Waals surface area contributed by atoms with E-state index in [4.69, 9.17) is 9.84 Å². The van der Waals surface area contributed by atoms with Crippen molar-refractivity contribution >= 4 is 11.8 Å². The van der Waals surface area contributed by atoms with Crippen LogP contribution in [-0.2, 0) is 4.79 Å². The number of rotatable bonds is 7. The van der Waals surface area contributed by atoms with E-state index in [2.05, 4.69) is 9.97 Å². The lowest BCUT2D eigenvalue weighted by Gasteiger charge is -2.21. The summed E-state index contributed by atoms with van der Waals surface area (Å²) in [6.07, 6.45) is 3.76. The monoisotopic (exact) mass is 265 g/mol. The molecule has 1 aliphatic rings. The van der Waals surface area contributed by atoms with Crippen molar-refractivity contribution in [2.24, 2.45) is 5.92 Å². The Morgan fingerprint density at radius 2 is 2.26 bits per heavy atom. The van der Waals surface area contributed by atoms with Crippen molar-refractivity contribution in [1.82, 2.24) is 9.97 Å². The van der Waals surface area contributed by atoms with E-state index in [0.717, 1.165) is 19.4 Å². The first-order valence-electron chi connectivity index (χ1n) is 6.50. The molecule has 0 spiro atoms. The van der Waals surface area contributed by atoms with Crippen LogP contribution in [0.1, 0.15) is 26.7 Å². The largest absolute Gasteiger partial charge is 0.480 e. The molecule has 0 atom stereocenters. The summed E-state index contributed by atoms with van der Waals surface area (Å²) in [7, 11) is 0. The summed E-state index contributed by atoms with van der Waals surface area (Å²) in [6, 6.07) is 1.70. The smallest absolute Gasteiger partial charge is 0.323 e. The van der Waals surface area contributed by atoms with Crippen LogP contribution in [0.2, 0.25) is 0 Å². The van der Waals surface area contributed by atoms with Gasteiger partial charge in [-0.15, -0.1) is 0 Å². The zero-order chi connectivity index (χ0) is 13.8. The fourth-order valence-corrected chi connectivity index (χ4v) is 1.82. The number of aliphatic carboxylic acids is 1. The van der Waals surface area contributed by atoms with Gasteiger partial charge in [0.2, 0.25) is 5.88 Å². The van der Waals surface area contributed by atoms with Gasteiger partial charge in [-0.1, -0.05) is 0 Å². The molecule has 1 saturated carbocycles. The zero-order valence-corrected chi connectivity index (χ0v) is 11.2. The molecule has 0 saturated heterocycles. The van der Waals surface area contributed by atoms with Crippen molar-refractivity contribution in [2.45, 2.75) is 32.8 Å². The summed E-state index contributed by atoms with van der Waals surface area (Å²) < 4.78 is 5.51. The molecule has 0 aromatic carbocycles. The second kappa shape index (κ2) is 5.86. The van der Waals surface area contributed by atoms with Crippen molar-refractivity contribution in [3.63, 3.8) is 0 Å². The van der Waals surface area contributed by atoms with Crippen LogP contribution >= 0.6 is 0 Å². The molecule has 0 unspecified atom stereocenters. The quantitative estimate of drug-likeness (QED) is 0.806. The molecule has 1 N–H and O–H groups in total. The van der Waals surface area contributed by atoms with Crippen LogP contribution in [0.3, 0.4) is 0 Å². The first kappa shape index (κ1) is 13.6. The highest BCUT2D eigenvalue weighted by atomic mass is 16.5. The van der Waals surface area contributed by atoms with Crippen LogP contribution in [-0.4, -0.2) is 40.2 Å². The number of anilines is 1. The summed E-state index contributed by atoms with van der Waals surface area (Å²) in [5.41, 5.74) is 0. The molecule has 2 rings (SSSR count). The first-order chi connectivity index (χ1) is 9.04. The minimum atomic E-state index is -0.856. The van der Waals surface area contributed by atoms with Gasteiger partial charge in [0.1, 0.15) is 18.7 Å². The number of ether oxygens (including phenoxy) is 1. The Morgan fingerprint density at radius 3 is 2.84 bits per heavy atom. The second-order valence-corrected chi connectivity index (χ2v) is 5.10. The molecule has 104 valence electrons. The number of aromatic nitrogens is 2. The molecule has 1 fully saturated rings. The van der Waals surface area contributed by atoms with E-state index in [0.29, 0.717) is 17.6 Å². The lowest BCUT2D eigenvalue weighted by molar-refractivity contribution is -0.135. The van der Waals surface area contributed by atoms with Gasteiger partial charge in [-0.3, -0.25) is 4.79 Å². The number of nitrogens with zero attached hydrogens (tertiary/aromatic N) is 3. The van der Waals surface area contributed by atoms with Gasteiger partial charge in [0.05, 0.1) is 6.10 Å². The minimum absolute atomic E-state index is 0.0269. The fraction of sp³-hybridized carbons (Fsp3) is 0.615. The molecular formula is C13H19N3O3. The molecule has 0 amide bonds. The van der Waals surface area contributed by atoms with E-state index in [-0.39, 0.29) is 12.6 Å². The lowest BCUT2D eigenvalue weighted by atomic mass is 10.3. The third-order valence-corrected chi connectivity index (χ3v) is 2.81. The third-order valence-electron chi connectivity index (χ3n) is 2.81. The lowest BCUT2D eigenvalue weighted by Crippen LogP contribution is -2.32. The summed E-state index contributed by atoms with van der Waals surface area (Å²) >= 11 is 0. The van der Waals surface area contributed by atoms with Crippen LogP contribution in [0, 0.1) is 5.92 Å². The molecular weight excluding hydrogens is 246 g/mol. The van der Waals surface area contributed by atoms with E-state index >= 15 is 0 Å². The van der Waals surface area contributed by atoms with Crippen molar-refractivity contribution in [1.29, 1.82) is 0 Å². The Morgan fingerprint density at radius 1 is 1.53 bits per heavy atom. The molecule has 1 aromatic rings. The number of hydrogen-bond donors (Lipinski definition) is 1. The van der Waals surface area contributed by atoms with Crippen LogP contribution in [0.25, 0.3) is 0 Å². The summed E-state index contributed by atoms with van der Waals surface area (Å²) in [6.45, 7) is 4.51. The Labute approximate surface area is 112 Å². The number of carbonyl (C=O) groups is 1. The standard InChI is InChI=1S/C13H19N3O3/c1-9(2)19-12-5-11(14-8-15-12)16(7-13(17)18)6-10-3-4-10/h5,8-10H,3-4,6-7H2,1-2H3,(H,17,18). The van der Waals surface area contributed by atoms with Gasteiger partial charge in [-0.25, -0.2) is 9.97 Å². The Hall–Kier alpha value is -1.85. The minimum Gasteiger partial charge on any atom is -0.480 e. The van der Waals surface area contributed by atoms with Crippen LogP contribution in [0.15, 0.2) is 12.4 Å². The van der Waals surface area contributed by atoms with Crippen molar-refractivity contribution in [3.05, 3.63) is 12.4 Å². The fourth-order valence-electron chi connectivity index (χ4n) is 1.82. The molecule has 1 heterocycles. The van der Waals surface area contributed by atoms with E-state index < -0.39 is 5.97 Å². The second-order valence-electron chi connectivity index (χ2n) is 5.10. The molecule has 0 bridgehead atoms. The average Bonchev–Trinajstić information content (AvgIpc) is 3.11. The zero-order valence-electron chi connectivity index (χ0n) is 11.2. The number of carboxylic acid groups (broad SMARTS) is 1. The normalized spacial score (nSPS) is 14.5. The van der Waals surface area contributed by atoms with E-state index in [1.165, 1.54) is 6.33 Å². The van der Waals surface area contributed by atoms with Gasteiger partial charge in [0.25, 0.3) is 0 Å². The molecule has 6 nitrogen and oxygen atoms in total. The molecule has 1 aliphatic carbocycles. The van der Waals surface area contributed by atoms with Gasteiger partial charge in [-0.05, 0) is 32.6 Å². The summed E-state index contributed by atoms with van der Waals surface area (Å²) in [4.78, 5) is 20.9. The average molecular weight is 265 g/mol. The molecule has 6 heteroatoms. The first-order valence-corrected chi connectivity index (χ1v) is 6.50. The maximum absolute atomic E-state index is 10.9.